The van der Waals surface area contributed by atoms with E-state index in [9.17, 15) is 4.79 Å². The summed E-state index contributed by atoms with van der Waals surface area (Å²) in [4.78, 5) is 10.9. The molecular formula is C13H16O2. The molecule has 3 aliphatic rings. The van der Waals surface area contributed by atoms with Crippen molar-refractivity contribution in [2.24, 2.45) is 29.6 Å². The van der Waals surface area contributed by atoms with E-state index in [2.05, 4.69) is 18.7 Å². The Kier molecular flexibility index (Phi) is 1.82. The Labute approximate surface area is 89.7 Å². The van der Waals surface area contributed by atoms with Gasteiger partial charge in [0.15, 0.2) is 0 Å². The van der Waals surface area contributed by atoms with E-state index in [4.69, 9.17) is 5.11 Å². The number of aliphatic carboxylic acids is 1. The Morgan fingerprint density at radius 1 is 1.33 bits per heavy atom. The summed E-state index contributed by atoms with van der Waals surface area (Å²) in [5, 5.41) is 9.00. The number of fused-ring (bicyclic) bond motifs is 5. The molecule has 15 heavy (non-hydrogen) atoms. The minimum Gasteiger partial charge on any atom is -0.478 e. The smallest absolute Gasteiger partial charge is 0.331 e. The van der Waals surface area contributed by atoms with E-state index >= 15 is 0 Å². The van der Waals surface area contributed by atoms with Gasteiger partial charge in [-0.15, -0.1) is 0 Å². The van der Waals surface area contributed by atoms with Crippen molar-refractivity contribution in [3.8, 4) is 0 Å². The van der Waals surface area contributed by atoms with Gasteiger partial charge in [0, 0.05) is 5.57 Å². The molecule has 0 aromatic heterocycles. The van der Waals surface area contributed by atoms with Crippen LogP contribution < -0.4 is 0 Å². The number of hydrogen-bond acceptors (Lipinski definition) is 1. The topological polar surface area (TPSA) is 37.3 Å². The molecule has 80 valence electrons. The minimum atomic E-state index is -0.796. The van der Waals surface area contributed by atoms with E-state index in [0.717, 1.165) is 30.6 Å². The summed E-state index contributed by atoms with van der Waals surface area (Å²) in [5.74, 6) is 2.28. The van der Waals surface area contributed by atoms with Crippen LogP contribution in [-0.4, -0.2) is 11.1 Å². The highest BCUT2D eigenvalue weighted by Crippen LogP contribution is 2.60. The van der Waals surface area contributed by atoms with Crippen LogP contribution in [-0.2, 0) is 4.79 Å². The van der Waals surface area contributed by atoms with Gasteiger partial charge in [0.2, 0.25) is 0 Å². The molecule has 0 radical (unpaired) electrons. The average molecular weight is 204 g/mol. The van der Waals surface area contributed by atoms with E-state index in [1.54, 1.807) is 0 Å². The second-order valence-corrected chi connectivity index (χ2v) is 5.24. The third-order valence-corrected chi connectivity index (χ3v) is 4.73. The zero-order valence-electron chi connectivity index (χ0n) is 8.73. The lowest BCUT2D eigenvalue weighted by Crippen LogP contribution is -2.27. The van der Waals surface area contributed by atoms with Gasteiger partial charge in [0.05, 0.1) is 0 Å². The van der Waals surface area contributed by atoms with Gasteiger partial charge < -0.3 is 5.11 Å². The van der Waals surface area contributed by atoms with Gasteiger partial charge in [-0.3, -0.25) is 0 Å². The van der Waals surface area contributed by atoms with Crippen molar-refractivity contribution < 1.29 is 9.90 Å². The number of carboxylic acids is 1. The molecule has 2 saturated carbocycles. The third-order valence-electron chi connectivity index (χ3n) is 4.73. The van der Waals surface area contributed by atoms with Crippen LogP contribution in [0, 0.1) is 29.6 Å². The van der Waals surface area contributed by atoms with Crippen LogP contribution in [0.1, 0.15) is 19.3 Å². The predicted molar refractivity (Wildman–Crippen MR) is 57.2 cm³/mol. The Morgan fingerprint density at radius 3 is 2.87 bits per heavy atom. The molecule has 3 rings (SSSR count). The molecule has 1 N–H and O–H groups in total. The average Bonchev–Trinajstić information content (AvgIpc) is 2.87. The predicted octanol–water partition coefficient (Wildman–Crippen LogP) is 2.48. The number of carbonyl (C=O) groups is 1. The molecule has 3 aliphatic carbocycles. The fourth-order valence-electron chi connectivity index (χ4n) is 4.12. The maximum atomic E-state index is 10.9. The van der Waals surface area contributed by atoms with Crippen LogP contribution in [0.2, 0.25) is 0 Å². The van der Waals surface area contributed by atoms with Gasteiger partial charge in [-0.05, 0) is 48.9 Å². The molecule has 2 bridgehead atoms. The lowest BCUT2D eigenvalue weighted by Gasteiger charge is -2.31. The number of allylic oxidation sites excluding steroid dienone is 2. The minimum absolute atomic E-state index is 0.258. The molecule has 0 heterocycles. The molecule has 2 fully saturated rings. The second-order valence-electron chi connectivity index (χ2n) is 5.24. The normalized spacial score (nSPS) is 45.7. The highest BCUT2D eigenvalue weighted by Gasteiger charge is 2.53. The maximum Gasteiger partial charge on any atom is 0.331 e. The lowest BCUT2D eigenvalue weighted by molar-refractivity contribution is -0.133. The SMILES string of the molecule is C=C(C(=O)O)C1CC2CC1C1CC=CC21. The summed E-state index contributed by atoms with van der Waals surface area (Å²) >= 11 is 0. The van der Waals surface area contributed by atoms with Crippen molar-refractivity contribution >= 4 is 5.97 Å². The first-order valence-corrected chi connectivity index (χ1v) is 5.77. The summed E-state index contributed by atoms with van der Waals surface area (Å²) in [6, 6.07) is 0. The number of rotatable bonds is 2. The van der Waals surface area contributed by atoms with Gasteiger partial charge in [-0.1, -0.05) is 18.7 Å². The first-order valence-electron chi connectivity index (χ1n) is 5.77. The quantitative estimate of drug-likeness (QED) is 0.554. The fourth-order valence-corrected chi connectivity index (χ4v) is 4.12. The summed E-state index contributed by atoms with van der Waals surface area (Å²) in [5.41, 5.74) is 0.452. The first kappa shape index (κ1) is 9.20. The van der Waals surface area contributed by atoms with Gasteiger partial charge >= 0.3 is 5.97 Å². The molecule has 0 spiro atoms. The van der Waals surface area contributed by atoms with Crippen LogP contribution >= 0.6 is 0 Å². The molecule has 0 aromatic rings. The third kappa shape index (κ3) is 1.14. The number of carboxylic acid groups (broad SMARTS) is 1. The maximum absolute atomic E-state index is 10.9. The molecule has 0 aliphatic heterocycles. The van der Waals surface area contributed by atoms with Crippen molar-refractivity contribution in [1.82, 2.24) is 0 Å². The van der Waals surface area contributed by atoms with Crippen LogP contribution in [0.3, 0.4) is 0 Å². The molecule has 5 atom stereocenters. The molecule has 0 aromatic carbocycles. The summed E-state index contributed by atoms with van der Waals surface area (Å²) < 4.78 is 0. The lowest BCUT2D eigenvalue weighted by atomic mass is 9.73. The standard InChI is InChI=1S/C13H16O2/c1-7(13(14)15)11-5-8-6-12(11)10-4-2-3-9(8)10/h2-3,8-12H,1,4-6H2,(H,14,15). The molecular weight excluding hydrogens is 188 g/mol. The van der Waals surface area contributed by atoms with Crippen molar-refractivity contribution in [2.45, 2.75) is 19.3 Å². The second kappa shape index (κ2) is 2.97. The monoisotopic (exact) mass is 204 g/mol. The number of hydrogen-bond donors (Lipinski definition) is 1. The van der Waals surface area contributed by atoms with E-state index in [-0.39, 0.29) is 5.92 Å². The van der Waals surface area contributed by atoms with E-state index < -0.39 is 5.97 Å². The Balaban J connectivity index is 1.82. The molecule has 0 amide bonds. The van der Waals surface area contributed by atoms with Gasteiger partial charge in [0.25, 0.3) is 0 Å². The summed E-state index contributed by atoms with van der Waals surface area (Å²) in [6.45, 7) is 3.75. The van der Waals surface area contributed by atoms with Crippen LogP contribution in [0.5, 0.6) is 0 Å². The van der Waals surface area contributed by atoms with Crippen molar-refractivity contribution in [2.75, 3.05) is 0 Å². The van der Waals surface area contributed by atoms with Crippen LogP contribution in [0.15, 0.2) is 24.3 Å². The Morgan fingerprint density at radius 2 is 2.13 bits per heavy atom. The molecule has 2 heteroatoms. The largest absolute Gasteiger partial charge is 0.478 e. The highest BCUT2D eigenvalue weighted by molar-refractivity contribution is 5.86. The Bertz CT molecular complexity index is 356. The molecule has 2 nitrogen and oxygen atoms in total. The van der Waals surface area contributed by atoms with E-state index in [0.29, 0.717) is 11.5 Å². The fraction of sp³-hybridized carbons (Fsp3) is 0.615. The van der Waals surface area contributed by atoms with Gasteiger partial charge in [-0.25, -0.2) is 4.79 Å². The van der Waals surface area contributed by atoms with Crippen molar-refractivity contribution in [3.63, 3.8) is 0 Å². The zero-order chi connectivity index (χ0) is 10.6. The summed E-state index contributed by atoms with van der Waals surface area (Å²) in [6.07, 6.45) is 8.09. The highest BCUT2D eigenvalue weighted by atomic mass is 16.4. The van der Waals surface area contributed by atoms with Gasteiger partial charge in [-0.2, -0.15) is 0 Å². The van der Waals surface area contributed by atoms with Gasteiger partial charge in [0.1, 0.15) is 0 Å². The Hall–Kier alpha value is -1.05. The molecule has 0 saturated heterocycles. The summed E-state index contributed by atoms with van der Waals surface area (Å²) in [7, 11) is 0. The molecule has 5 unspecified atom stereocenters. The van der Waals surface area contributed by atoms with Crippen LogP contribution in [0.4, 0.5) is 0 Å². The van der Waals surface area contributed by atoms with Crippen LogP contribution in [0.25, 0.3) is 0 Å². The van der Waals surface area contributed by atoms with E-state index in [1.807, 2.05) is 0 Å². The van der Waals surface area contributed by atoms with E-state index in [1.165, 1.54) is 6.42 Å². The zero-order valence-corrected chi connectivity index (χ0v) is 8.73. The van der Waals surface area contributed by atoms with Crippen molar-refractivity contribution in [3.05, 3.63) is 24.3 Å². The first-order chi connectivity index (χ1) is 7.18. The van der Waals surface area contributed by atoms with Crippen molar-refractivity contribution in [1.29, 1.82) is 0 Å².